The van der Waals surface area contributed by atoms with Crippen LogP contribution in [-0.2, 0) is 48.2 Å². The van der Waals surface area contributed by atoms with Crippen molar-refractivity contribution in [2.24, 2.45) is 0 Å². The smallest absolute Gasteiger partial charge is 0.329 e. The zero-order valence-electron chi connectivity index (χ0n) is 19.0. The third-order valence-corrected chi connectivity index (χ3v) is 7.54. The van der Waals surface area contributed by atoms with Crippen molar-refractivity contribution in [3.05, 3.63) is 0 Å². The van der Waals surface area contributed by atoms with Crippen molar-refractivity contribution in [3.8, 4) is 0 Å². The molecule has 32 heavy (non-hydrogen) atoms. The van der Waals surface area contributed by atoms with E-state index in [0.29, 0.717) is 12.8 Å². The minimum atomic E-state index is -3.08. The molecule has 0 saturated carbocycles. The van der Waals surface area contributed by atoms with Gasteiger partial charge in [0, 0.05) is 11.5 Å². The van der Waals surface area contributed by atoms with Crippen LogP contribution in [0.4, 0.5) is 0 Å². The van der Waals surface area contributed by atoms with Gasteiger partial charge in [-0.05, 0) is 12.8 Å². The van der Waals surface area contributed by atoms with Crippen LogP contribution in [0.2, 0.25) is 0 Å². The van der Waals surface area contributed by atoms with Gasteiger partial charge >= 0.3 is 5.97 Å². The summed E-state index contributed by atoms with van der Waals surface area (Å²) in [6, 6.07) is 0. The first-order chi connectivity index (χ1) is 15.1. The lowest BCUT2D eigenvalue weighted by Crippen LogP contribution is -2.29. The molecule has 0 aromatic rings. The van der Waals surface area contributed by atoms with Crippen molar-refractivity contribution in [2.75, 3.05) is 82.5 Å². The SMILES string of the molecule is CCCS(=O)(=O)CCOCCOCC(COCCOCCS(=O)(=O)CCC)OCC(=O)O. The van der Waals surface area contributed by atoms with Gasteiger partial charge in [0.05, 0.1) is 64.4 Å². The molecular formula is C19H38O11S2. The number of rotatable bonds is 23. The van der Waals surface area contributed by atoms with Crippen LogP contribution >= 0.6 is 0 Å². The lowest BCUT2D eigenvalue weighted by Gasteiger charge is -2.17. The normalized spacial score (nSPS) is 12.5. The Morgan fingerprint density at radius 3 is 1.47 bits per heavy atom. The van der Waals surface area contributed by atoms with Crippen LogP contribution in [0.25, 0.3) is 0 Å². The number of carboxylic acids is 1. The fourth-order valence-corrected chi connectivity index (χ4v) is 4.80. The first kappa shape index (κ1) is 31.2. The Kier molecular flexibility index (Phi) is 18.1. The lowest BCUT2D eigenvalue weighted by molar-refractivity contribution is -0.148. The van der Waals surface area contributed by atoms with E-state index >= 15 is 0 Å². The predicted molar refractivity (Wildman–Crippen MR) is 119 cm³/mol. The average molecular weight is 507 g/mol. The van der Waals surface area contributed by atoms with E-state index in [2.05, 4.69) is 0 Å². The van der Waals surface area contributed by atoms with Crippen LogP contribution in [0, 0.1) is 0 Å². The molecule has 13 heteroatoms. The Morgan fingerprint density at radius 2 is 1.09 bits per heavy atom. The summed E-state index contributed by atoms with van der Waals surface area (Å²) in [6.07, 6.45) is 0.511. The fraction of sp³-hybridized carbons (Fsp3) is 0.947. The molecule has 0 amide bonds. The molecule has 0 heterocycles. The minimum absolute atomic E-state index is 0.0361. The first-order valence-electron chi connectivity index (χ1n) is 10.7. The van der Waals surface area contributed by atoms with Crippen LogP contribution in [0.3, 0.4) is 0 Å². The van der Waals surface area contributed by atoms with Crippen molar-refractivity contribution >= 4 is 25.6 Å². The Labute approximate surface area is 191 Å². The van der Waals surface area contributed by atoms with Crippen LogP contribution in [-0.4, -0.2) is 116 Å². The van der Waals surface area contributed by atoms with E-state index in [9.17, 15) is 21.6 Å². The van der Waals surface area contributed by atoms with Gasteiger partial charge in [-0.3, -0.25) is 0 Å². The second-order valence-corrected chi connectivity index (χ2v) is 11.6. The van der Waals surface area contributed by atoms with Crippen molar-refractivity contribution in [1.82, 2.24) is 0 Å². The van der Waals surface area contributed by atoms with Crippen LogP contribution in [0.15, 0.2) is 0 Å². The fourth-order valence-electron chi connectivity index (χ4n) is 2.40. The summed E-state index contributed by atoms with van der Waals surface area (Å²) >= 11 is 0. The van der Waals surface area contributed by atoms with E-state index in [-0.39, 0.29) is 75.9 Å². The van der Waals surface area contributed by atoms with Gasteiger partial charge in [0.15, 0.2) is 19.7 Å². The highest BCUT2D eigenvalue weighted by Crippen LogP contribution is 1.98. The zero-order valence-corrected chi connectivity index (χ0v) is 20.7. The number of sulfone groups is 2. The summed E-state index contributed by atoms with van der Waals surface area (Å²) in [7, 11) is -6.16. The van der Waals surface area contributed by atoms with Crippen LogP contribution < -0.4 is 0 Å². The number of carbonyl (C=O) groups is 1. The molecule has 0 atom stereocenters. The van der Waals surface area contributed by atoms with Crippen molar-refractivity contribution in [2.45, 2.75) is 32.8 Å². The molecule has 0 aromatic carbocycles. The van der Waals surface area contributed by atoms with Crippen molar-refractivity contribution in [1.29, 1.82) is 0 Å². The molecule has 0 spiro atoms. The highest BCUT2D eigenvalue weighted by Gasteiger charge is 2.13. The third-order valence-electron chi connectivity index (χ3n) is 3.90. The molecule has 0 rings (SSSR count). The molecule has 0 unspecified atom stereocenters. The number of hydrogen-bond donors (Lipinski definition) is 1. The molecule has 0 radical (unpaired) electrons. The van der Waals surface area contributed by atoms with E-state index in [1.165, 1.54) is 0 Å². The van der Waals surface area contributed by atoms with Crippen molar-refractivity contribution in [3.63, 3.8) is 0 Å². The zero-order chi connectivity index (χ0) is 24.3. The van der Waals surface area contributed by atoms with E-state index in [1.54, 1.807) is 13.8 Å². The molecule has 0 saturated heterocycles. The first-order valence-corrected chi connectivity index (χ1v) is 14.3. The van der Waals surface area contributed by atoms with Gasteiger partial charge in [0.2, 0.25) is 0 Å². The summed E-state index contributed by atoms with van der Waals surface area (Å²) in [6.45, 7) is 4.19. The number of hydrogen-bond acceptors (Lipinski definition) is 10. The largest absolute Gasteiger partial charge is 0.480 e. The van der Waals surface area contributed by atoms with E-state index < -0.39 is 38.4 Å². The second kappa shape index (κ2) is 18.6. The molecule has 0 aromatic heterocycles. The van der Waals surface area contributed by atoms with Gasteiger partial charge in [-0.1, -0.05) is 13.8 Å². The quantitative estimate of drug-likeness (QED) is 0.189. The minimum Gasteiger partial charge on any atom is -0.480 e. The maximum Gasteiger partial charge on any atom is 0.329 e. The van der Waals surface area contributed by atoms with Crippen LogP contribution in [0.5, 0.6) is 0 Å². The third kappa shape index (κ3) is 19.8. The molecule has 11 nitrogen and oxygen atoms in total. The highest BCUT2D eigenvalue weighted by molar-refractivity contribution is 7.91. The summed E-state index contributed by atoms with van der Waals surface area (Å²) in [4.78, 5) is 10.7. The standard InChI is InChI=1S/C19H38O11S2/c1-3-11-31(22,23)13-9-26-5-7-28-15-18(30-17-19(20)21)16-29-8-6-27-10-14-32(24,25)12-4-2/h18H,3-17H2,1-2H3,(H,20,21). The van der Waals surface area contributed by atoms with E-state index in [0.717, 1.165) is 0 Å². The monoisotopic (exact) mass is 506 g/mol. The summed E-state index contributed by atoms with van der Waals surface area (Å²) < 4.78 is 72.7. The van der Waals surface area contributed by atoms with Gasteiger partial charge < -0.3 is 28.8 Å². The van der Waals surface area contributed by atoms with Gasteiger partial charge in [0.1, 0.15) is 12.7 Å². The second-order valence-electron chi connectivity index (χ2n) is 7.00. The molecule has 0 fully saturated rings. The molecular weight excluding hydrogens is 468 g/mol. The molecule has 0 bridgehead atoms. The Hall–Kier alpha value is -0.830. The molecule has 1 N–H and O–H groups in total. The molecule has 0 aliphatic heterocycles. The Balaban J connectivity index is 3.96. The van der Waals surface area contributed by atoms with E-state index in [4.69, 9.17) is 28.8 Å². The van der Waals surface area contributed by atoms with Gasteiger partial charge in [-0.25, -0.2) is 21.6 Å². The summed E-state index contributed by atoms with van der Waals surface area (Å²) in [5.41, 5.74) is 0. The maximum atomic E-state index is 11.6. The molecule has 192 valence electrons. The summed E-state index contributed by atoms with van der Waals surface area (Å²) in [5.74, 6) is -0.919. The maximum absolute atomic E-state index is 11.6. The van der Waals surface area contributed by atoms with Crippen LogP contribution in [0.1, 0.15) is 26.7 Å². The summed E-state index contributed by atoms with van der Waals surface area (Å²) in [5, 5.41) is 8.76. The lowest BCUT2D eigenvalue weighted by atomic mass is 10.4. The Morgan fingerprint density at radius 1 is 0.688 bits per heavy atom. The average Bonchev–Trinajstić information content (AvgIpc) is 2.69. The molecule has 0 aliphatic rings. The predicted octanol–water partition coefficient (Wildman–Crippen LogP) is 0.172. The molecule has 0 aliphatic carbocycles. The van der Waals surface area contributed by atoms with Crippen molar-refractivity contribution < 1.29 is 50.4 Å². The van der Waals surface area contributed by atoms with Gasteiger partial charge in [0.25, 0.3) is 0 Å². The Bertz CT molecular complexity index is 627. The van der Waals surface area contributed by atoms with E-state index in [1.807, 2.05) is 0 Å². The topological polar surface area (TPSA) is 152 Å². The highest BCUT2D eigenvalue weighted by atomic mass is 32.2. The number of carboxylic acid groups (broad SMARTS) is 1. The number of ether oxygens (including phenoxy) is 5. The van der Waals surface area contributed by atoms with Gasteiger partial charge in [-0.2, -0.15) is 0 Å². The van der Waals surface area contributed by atoms with Gasteiger partial charge in [-0.15, -0.1) is 0 Å². The number of aliphatic carboxylic acids is 1.